The lowest BCUT2D eigenvalue weighted by Gasteiger charge is -2.37. The van der Waals surface area contributed by atoms with Crippen LogP contribution < -0.4 is 10.5 Å². The number of likely N-dealkylation sites (tertiary alicyclic amines) is 1. The van der Waals surface area contributed by atoms with Crippen molar-refractivity contribution in [2.75, 3.05) is 32.7 Å². The first-order chi connectivity index (χ1) is 9.56. The first-order valence-electron chi connectivity index (χ1n) is 7.78. The second-order valence-corrected chi connectivity index (χ2v) is 7.51. The summed E-state index contributed by atoms with van der Waals surface area (Å²) in [6.45, 7) is 5.99. The Kier molecular flexibility index (Phi) is 5.80. The molecule has 0 bridgehead atoms. The maximum atomic E-state index is 12.6. The van der Waals surface area contributed by atoms with Gasteiger partial charge in [0.2, 0.25) is 0 Å². The quantitative estimate of drug-likeness (QED) is 0.756. The molecule has 20 heavy (non-hydrogen) atoms. The molecule has 0 aromatic carbocycles. The van der Waals surface area contributed by atoms with E-state index < -0.39 is 10.2 Å². The lowest BCUT2D eigenvalue weighted by atomic mass is 10.1. The van der Waals surface area contributed by atoms with Gasteiger partial charge >= 0.3 is 0 Å². The summed E-state index contributed by atoms with van der Waals surface area (Å²) >= 11 is 0. The molecule has 2 saturated heterocycles. The van der Waals surface area contributed by atoms with Gasteiger partial charge < -0.3 is 10.6 Å². The Bertz CT molecular complexity index is 401. The van der Waals surface area contributed by atoms with Crippen LogP contribution in [-0.4, -0.2) is 62.4 Å². The Morgan fingerprint density at radius 2 is 2.00 bits per heavy atom. The summed E-state index contributed by atoms with van der Waals surface area (Å²) in [6.07, 6.45) is 4.87. The van der Waals surface area contributed by atoms with Crippen LogP contribution in [0.5, 0.6) is 0 Å². The van der Waals surface area contributed by atoms with Crippen molar-refractivity contribution in [1.29, 1.82) is 0 Å². The molecule has 2 unspecified atom stereocenters. The van der Waals surface area contributed by atoms with Gasteiger partial charge in [0.15, 0.2) is 0 Å². The summed E-state index contributed by atoms with van der Waals surface area (Å²) in [5.74, 6) is 0. The zero-order valence-corrected chi connectivity index (χ0v) is 13.2. The van der Waals surface area contributed by atoms with Crippen LogP contribution in [0.3, 0.4) is 0 Å². The summed E-state index contributed by atoms with van der Waals surface area (Å²) in [4.78, 5) is 2.30. The molecule has 0 aromatic heterocycles. The molecular weight excluding hydrogens is 276 g/mol. The monoisotopic (exact) mass is 304 g/mol. The minimum atomic E-state index is -3.40. The molecule has 6 nitrogen and oxygen atoms in total. The Morgan fingerprint density at radius 1 is 1.20 bits per heavy atom. The number of hydrogen-bond acceptors (Lipinski definition) is 4. The SMILES string of the molecule is CCN1CCCC(NS(=O)(=O)N2CCCCC2CN)C1. The third-order valence-electron chi connectivity index (χ3n) is 4.42. The Morgan fingerprint density at radius 3 is 2.70 bits per heavy atom. The summed E-state index contributed by atoms with van der Waals surface area (Å²) in [7, 11) is -3.40. The number of rotatable bonds is 5. The highest BCUT2D eigenvalue weighted by Crippen LogP contribution is 2.20. The van der Waals surface area contributed by atoms with Crippen molar-refractivity contribution in [3.8, 4) is 0 Å². The molecule has 2 atom stereocenters. The van der Waals surface area contributed by atoms with Crippen LogP contribution in [0.15, 0.2) is 0 Å². The van der Waals surface area contributed by atoms with Gasteiger partial charge in [0, 0.05) is 31.7 Å². The maximum absolute atomic E-state index is 12.6. The predicted molar refractivity (Wildman–Crippen MR) is 80.6 cm³/mol. The summed E-state index contributed by atoms with van der Waals surface area (Å²) in [5.41, 5.74) is 5.72. The molecule has 0 aromatic rings. The Balaban J connectivity index is 1.98. The molecule has 2 aliphatic heterocycles. The largest absolute Gasteiger partial charge is 0.329 e. The van der Waals surface area contributed by atoms with E-state index in [0.717, 1.165) is 51.7 Å². The van der Waals surface area contributed by atoms with E-state index >= 15 is 0 Å². The molecular formula is C13H28N4O2S. The summed E-state index contributed by atoms with van der Waals surface area (Å²) < 4.78 is 29.6. The van der Waals surface area contributed by atoms with Gasteiger partial charge in [-0.2, -0.15) is 17.4 Å². The van der Waals surface area contributed by atoms with Gasteiger partial charge in [0.25, 0.3) is 10.2 Å². The highest BCUT2D eigenvalue weighted by Gasteiger charge is 2.33. The van der Waals surface area contributed by atoms with E-state index in [0.29, 0.717) is 13.1 Å². The van der Waals surface area contributed by atoms with E-state index in [1.807, 2.05) is 0 Å². The average molecular weight is 304 g/mol. The topological polar surface area (TPSA) is 78.7 Å². The third kappa shape index (κ3) is 3.92. The van der Waals surface area contributed by atoms with Gasteiger partial charge in [0.1, 0.15) is 0 Å². The van der Waals surface area contributed by atoms with E-state index in [9.17, 15) is 8.42 Å². The second-order valence-electron chi connectivity index (χ2n) is 5.85. The first-order valence-corrected chi connectivity index (χ1v) is 9.22. The van der Waals surface area contributed by atoms with Gasteiger partial charge in [-0.25, -0.2) is 0 Å². The van der Waals surface area contributed by atoms with Gasteiger partial charge in [-0.3, -0.25) is 0 Å². The number of nitrogens with two attached hydrogens (primary N) is 1. The standard InChI is InChI=1S/C13H28N4O2S/c1-2-16-8-5-6-12(11-16)15-20(18,19)17-9-4-3-7-13(17)10-14/h12-13,15H,2-11,14H2,1H3. The Hall–Kier alpha value is -0.210. The fourth-order valence-electron chi connectivity index (χ4n) is 3.24. The fraction of sp³-hybridized carbons (Fsp3) is 1.00. The number of piperidine rings is 2. The van der Waals surface area contributed by atoms with E-state index in [2.05, 4.69) is 16.5 Å². The number of likely N-dealkylation sites (N-methyl/N-ethyl adjacent to an activating group) is 1. The van der Waals surface area contributed by atoms with Crippen LogP contribution in [0.1, 0.15) is 39.0 Å². The fourth-order valence-corrected chi connectivity index (χ4v) is 4.95. The van der Waals surface area contributed by atoms with Crippen molar-refractivity contribution in [1.82, 2.24) is 13.9 Å². The highest BCUT2D eigenvalue weighted by atomic mass is 32.2. The minimum absolute atomic E-state index is 0.0351. The van der Waals surface area contributed by atoms with Crippen LogP contribution in [0, 0.1) is 0 Å². The van der Waals surface area contributed by atoms with Crippen molar-refractivity contribution >= 4 is 10.2 Å². The van der Waals surface area contributed by atoms with Crippen molar-refractivity contribution < 1.29 is 8.42 Å². The summed E-state index contributed by atoms with van der Waals surface area (Å²) in [5, 5.41) is 0. The van der Waals surface area contributed by atoms with E-state index in [4.69, 9.17) is 5.73 Å². The molecule has 0 aliphatic carbocycles. The number of nitrogens with one attached hydrogen (secondary N) is 1. The van der Waals surface area contributed by atoms with Gasteiger partial charge in [0.05, 0.1) is 0 Å². The zero-order chi connectivity index (χ0) is 14.6. The Labute approximate surface area is 122 Å². The average Bonchev–Trinajstić information content (AvgIpc) is 2.47. The van der Waals surface area contributed by atoms with Crippen LogP contribution in [-0.2, 0) is 10.2 Å². The number of nitrogens with zero attached hydrogens (tertiary/aromatic N) is 2. The van der Waals surface area contributed by atoms with Gasteiger partial charge in [-0.05, 0) is 38.8 Å². The zero-order valence-electron chi connectivity index (χ0n) is 12.4. The first kappa shape index (κ1) is 16.2. The highest BCUT2D eigenvalue weighted by molar-refractivity contribution is 7.87. The molecule has 7 heteroatoms. The third-order valence-corrected chi connectivity index (χ3v) is 6.15. The normalized spacial score (nSPS) is 30.5. The van der Waals surface area contributed by atoms with Crippen LogP contribution in [0.4, 0.5) is 0 Å². The minimum Gasteiger partial charge on any atom is -0.329 e. The molecule has 2 heterocycles. The van der Waals surface area contributed by atoms with Crippen molar-refractivity contribution in [2.24, 2.45) is 5.73 Å². The number of hydrogen-bond donors (Lipinski definition) is 2. The molecule has 0 radical (unpaired) electrons. The molecule has 118 valence electrons. The molecule has 0 saturated carbocycles. The van der Waals surface area contributed by atoms with Crippen LogP contribution in [0.2, 0.25) is 0 Å². The van der Waals surface area contributed by atoms with E-state index in [1.54, 1.807) is 4.31 Å². The predicted octanol–water partition coefficient (Wildman–Crippen LogP) is 0.118. The molecule has 3 N–H and O–H groups in total. The maximum Gasteiger partial charge on any atom is 0.280 e. The van der Waals surface area contributed by atoms with E-state index in [1.165, 1.54) is 0 Å². The van der Waals surface area contributed by atoms with Crippen LogP contribution >= 0.6 is 0 Å². The lowest BCUT2D eigenvalue weighted by Crippen LogP contribution is -2.56. The van der Waals surface area contributed by atoms with Gasteiger partial charge in [-0.1, -0.05) is 13.3 Å². The second kappa shape index (κ2) is 7.17. The van der Waals surface area contributed by atoms with E-state index in [-0.39, 0.29) is 12.1 Å². The molecule has 0 spiro atoms. The van der Waals surface area contributed by atoms with Crippen molar-refractivity contribution in [3.05, 3.63) is 0 Å². The molecule has 2 rings (SSSR count). The van der Waals surface area contributed by atoms with Gasteiger partial charge in [-0.15, -0.1) is 0 Å². The van der Waals surface area contributed by atoms with Crippen molar-refractivity contribution in [2.45, 2.75) is 51.1 Å². The smallest absolute Gasteiger partial charge is 0.280 e. The lowest BCUT2D eigenvalue weighted by molar-refractivity contribution is 0.205. The molecule has 0 amide bonds. The molecule has 2 aliphatic rings. The van der Waals surface area contributed by atoms with Crippen LogP contribution in [0.25, 0.3) is 0 Å². The van der Waals surface area contributed by atoms with Crippen molar-refractivity contribution in [3.63, 3.8) is 0 Å². The molecule has 2 fully saturated rings. The summed E-state index contributed by atoms with van der Waals surface area (Å²) in [6, 6.07) is 0.00108.